The number of aliphatic imine (C=N–C) groups is 1. The van der Waals surface area contributed by atoms with Crippen molar-refractivity contribution >= 4 is 24.8 Å². The van der Waals surface area contributed by atoms with Crippen molar-refractivity contribution in [3.63, 3.8) is 0 Å². The number of phenols is 1. The first-order valence-corrected chi connectivity index (χ1v) is 15.7. The van der Waals surface area contributed by atoms with E-state index in [9.17, 15) is 5.11 Å². The first-order chi connectivity index (χ1) is 14.0. The van der Waals surface area contributed by atoms with Crippen molar-refractivity contribution in [2.45, 2.75) is 89.0 Å². The van der Waals surface area contributed by atoms with E-state index < -0.39 is 17.0 Å². The summed E-state index contributed by atoms with van der Waals surface area (Å²) >= 11 is -0.556. The molecule has 0 unspecified atom stereocenters. The van der Waals surface area contributed by atoms with E-state index in [1.807, 2.05) is 6.21 Å². The van der Waals surface area contributed by atoms with Gasteiger partial charge in [-0.25, -0.2) is 0 Å². The standard InChI is InChI=1S/C24H33NO.2ClH.Ti/c1-16-7-20(15-25-21-5-3-2-4-6-21)23(26)22(8-16)24-12-17-9-18(13-24)11-19(10-17)14-24;;;/h7-8,15,17-19,21,26H,2-6,9-14H2,1H3;2*1H;/q;;;+2/p-2. The second kappa shape index (κ2) is 9.64. The van der Waals surface area contributed by atoms with Gasteiger partial charge in [-0.2, -0.15) is 0 Å². The van der Waals surface area contributed by atoms with Gasteiger partial charge < -0.3 is 5.11 Å². The fourth-order valence-corrected chi connectivity index (χ4v) is 7.17. The van der Waals surface area contributed by atoms with Crippen molar-refractivity contribution in [2.24, 2.45) is 22.7 Å². The molecule has 0 aliphatic heterocycles. The molecular formula is C24H33Cl2NOTi. The van der Waals surface area contributed by atoms with Gasteiger partial charge in [-0.3, -0.25) is 4.99 Å². The van der Waals surface area contributed by atoms with Crippen molar-refractivity contribution in [1.29, 1.82) is 0 Å². The summed E-state index contributed by atoms with van der Waals surface area (Å²) in [5, 5.41) is 11.2. The van der Waals surface area contributed by atoms with Crippen molar-refractivity contribution in [3.05, 3.63) is 28.8 Å². The monoisotopic (exact) mass is 469 g/mol. The fraction of sp³-hybridized carbons (Fsp3) is 0.708. The summed E-state index contributed by atoms with van der Waals surface area (Å²) in [6.07, 6.45) is 16.6. The summed E-state index contributed by atoms with van der Waals surface area (Å²) in [6.45, 7) is 2.18. The van der Waals surface area contributed by atoms with E-state index in [2.05, 4.69) is 19.1 Å². The predicted octanol–water partition coefficient (Wildman–Crippen LogP) is 7.30. The van der Waals surface area contributed by atoms with Crippen molar-refractivity contribution in [3.8, 4) is 5.75 Å². The molecule has 158 valence electrons. The van der Waals surface area contributed by atoms with Crippen LogP contribution < -0.4 is 0 Å². The second-order valence-electron chi connectivity index (χ2n) is 10.1. The number of phenolic OH excluding ortho intramolecular Hbond substituents is 1. The number of hydrogen-bond acceptors (Lipinski definition) is 2. The Balaban J connectivity index is 0.000000645. The summed E-state index contributed by atoms with van der Waals surface area (Å²) in [4.78, 5) is 4.86. The Kier molecular flexibility index (Phi) is 7.37. The van der Waals surface area contributed by atoms with Gasteiger partial charge in [0.05, 0.1) is 0 Å². The molecule has 1 aromatic rings. The number of aromatic hydroxyl groups is 1. The molecule has 29 heavy (non-hydrogen) atoms. The van der Waals surface area contributed by atoms with Gasteiger partial charge in [-0.15, -0.1) is 0 Å². The van der Waals surface area contributed by atoms with Crippen LogP contribution in [0.1, 0.15) is 87.3 Å². The number of aryl methyl sites for hydroxylation is 1. The number of hydrogen-bond donors (Lipinski definition) is 1. The zero-order chi connectivity index (χ0) is 20.4. The first kappa shape index (κ1) is 22.2. The van der Waals surface area contributed by atoms with E-state index in [1.54, 1.807) is 0 Å². The topological polar surface area (TPSA) is 32.6 Å². The van der Waals surface area contributed by atoms with Crippen molar-refractivity contribution in [1.82, 2.24) is 0 Å². The Morgan fingerprint density at radius 2 is 1.55 bits per heavy atom. The normalized spacial score (nSPS) is 33.6. The van der Waals surface area contributed by atoms with Crippen LogP contribution in [0, 0.1) is 24.7 Å². The first-order valence-electron chi connectivity index (χ1n) is 11.4. The van der Waals surface area contributed by atoms with Crippen LogP contribution in [0.2, 0.25) is 0 Å². The maximum atomic E-state index is 11.2. The third-order valence-electron chi connectivity index (χ3n) is 7.89. The van der Waals surface area contributed by atoms with Crippen molar-refractivity contribution in [2.75, 3.05) is 0 Å². The third kappa shape index (κ3) is 4.92. The molecule has 1 aromatic carbocycles. The van der Waals surface area contributed by atoms with Crippen LogP contribution in [-0.2, 0) is 22.4 Å². The summed E-state index contributed by atoms with van der Waals surface area (Å²) in [5.74, 6) is 3.25. The molecule has 0 amide bonds. The minimum atomic E-state index is -0.556. The van der Waals surface area contributed by atoms with Gasteiger partial charge in [0.1, 0.15) is 5.75 Å². The molecule has 5 saturated carbocycles. The molecule has 0 saturated heterocycles. The number of nitrogens with zero attached hydrogens (tertiary/aromatic N) is 1. The summed E-state index contributed by atoms with van der Waals surface area (Å²) in [5.41, 5.74) is 3.74. The molecule has 5 fully saturated rings. The molecule has 2 nitrogen and oxygen atoms in total. The molecule has 0 atom stereocenters. The Labute approximate surface area is 192 Å². The van der Waals surface area contributed by atoms with Gasteiger partial charge in [0.2, 0.25) is 0 Å². The van der Waals surface area contributed by atoms with Crippen LogP contribution in [0.3, 0.4) is 0 Å². The van der Waals surface area contributed by atoms with Crippen LogP contribution in [0.25, 0.3) is 0 Å². The van der Waals surface area contributed by atoms with Crippen LogP contribution >= 0.6 is 18.6 Å². The quantitative estimate of drug-likeness (QED) is 0.365. The molecule has 6 rings (SSSR count). The summed E-state index contributed by atoms with van der Waals surface area (Å²) in [7, 11) is 9.78. The minimum absolute atomic E-state index is 0.248. The van der Waals surface area contributed by atoms with Crippen LogP contribution in [-0.4, -0.2) is 17.4 Å². The molecule has 4 bridgehead atoms. The van der Waals surface area contributed by atoms with E-state index in [0.29, 0.717) is 11.8 Å². The Bertz CT molecular complexity index is 709. The van der Waals surface area contributed by atoms with E-state index in [4.69, 9.17) is 23.6 Å². The van der Waals surface area contributed by atoms with E-state index in [0.717, 1.165) is 23.3 Å². The molecule has 5 aliphatic carbocycles. The number of rotatable bonds is 3. The van der Waals surface area contributed by atoms with E-state index in [1.165, 1.54) is 81.8 Å². The molecule has 5 heteroatoms. The molecule has 5 aliphatic rings. The van der Waals surface area contributed by atoms with Gasteiger partial charge in [-0.1, -0.05) is 25.3 Å². The second-order valence-corrected chi connectivity index (χ2v) is 12.7. The van der Waals surface area contributed by atoms with Gasteiger partial charge >= 0.3 is 35.6 Å². The van der Waals surface area contributed by atoms with Gasteiger partial charge in [0, 0.05) is 23.4 Å². The molecule has 1 N–H and O–H groups in total. The van der Waals surface area contributed by atoms with E-state index >= 15 is 0 Å². The third-order valence-corrected chi connectivity index (χ3v) is 7.89. The number of halogens is 2. The van der Waals surface area contributed by atoms with Crippen LogP contribution in [0.4, 0.5) is 0 Å². The zero-order valence-corrected chi connectivity index (χ0v) is 20.5. The molecule has 0 radical (unpaired) electrons. The number of benzene rings is 1. The maximum absolute atomic E-state index is 11.2. The molecular weight excluding hydrogens is 437 g/mol. The van der Waals surface area contributed by atoms with Crippen LogP contribution in [0.5, 0.6) is 5.75 Å². The Hall–Kier alpha value is -0.0157. The molecule has 0 heterocycles. The summed E-state index contributed by atoms with van der Waals surface area (Å²) < 4.78 is 0. The van der Waals surface area contributed by atoms with Crippen LogP contribution in [0.15, 0.2) is 17.1 Å². The predicted molar refractivity (Wildman–Crippen MR) is 119 cm³/mol. The van der Waals surface area contributed by atoms with E-state index in [-0.39, 0.29) is 5.41 Å². The van der Waals surface area contributed by atoms with Gasteiger partial charge in [0.25, 0.3) is 0 Å². The van der Waals surface area contributed by atoms with Gasteiger partial charge in [0.15, 0.2) is 0 Å². The Morgan fingerprint density at radius 1 is 1.00 bits per heavy atom. The fourth-order valence-electron chi connectivity index (χ4n) is 7.17. The summed E-state index contributed by atoms with van der Waals surface area (Å²) in [6, 6.07) is 4.89. The average Bonchev–Trinajstić information content (AvgIpc) is 2.69. The Morgan fingerprint density at radius 3 is 2.10 bits per heavy atom. The zero-order valence-electron chi connectivity index (χ0n) is 17.5. The SMILES string of the molecule is Cc1cc(C=NC2CCCCC2)c(O)c(C23CC4CC(CC(C4)C2)C3)c1.[Cl][Ti][Cl]. The molecule has 0 aromatic heterocycles. The molecule has 0 spiro atoms. The van der Waals surface area contributed by atoms with Crippen molar-refractivity contribution < 1.29 is 22.1 Å². The average molecular weight is 470 g/mol. The van der Waals surface area contributed by atoms with Gasteiger partial charge in [-0.05, 0) is 93.1 Å².